The van der Waals surface area contributed by atoms with Crippen molar-refractivity contribution >= 4 is 40.6 Å². The molecule has 2 aromatic heterocycles. The number of aryl methyl sites for hydroxylation is 1. The maximum absolute atomic E-state index is 13.8. The molecule has 3 N–H and O–H groups in total. The molecule has 0 radical (unpaired) electrons. The second kappa shape index (κ2) is 11.5. The molecular formula is C29H31F3N10O. The molecule has 2 fully saturated rings. The van der Waals surface area contributed by atoms with Crippen LogP contribution in [0.1, 0.15) is 34.3 Å². The van der Waals surface area contributed by atoms with Crippen LogP contribution in [0, 0.1) is 6.92 Å². The molecule has 1 amide bonds. The molecular weight excluding hydrogens is 561 g/mol. The van der Waals surface area contributed by atoms with Crippen LogP contribution in [-0.4, -0.2) is 75.2 Å². The van der Waals surface area contributed by atoms with Gasteiger partial charge in [0.1, 0.15) is 24.3 Å². The molecule has 1 saturated carbocycles. The number of aromatic amines is 1. The summed E-state index contributed by atoms with van der Waals surface area (Å²) >= 11 is 0. The van der Waals surface area contributed by atoms with Gasteiger partial charge in [-0.25, -0.2) is 15.1 Å². The van der Waals surface area contributed by atoms with Gasteiger partial charge in [0.05, 0.1) is 11.3 Å². The van der Waals surface area contributed by atoms with E-state index in [-0.39, 0.29) is 11.3 Å². The van der Waals surface area contributed by atoms with E-state index in [1.54, 1.807) is 35.2 Å². The van der Waals surface area contributed by atoms with Crippen LogP contribution in [-0.2, 0) is 6.18 Å². The quantitative estimate of drug-likeness (QED) is 0.261. The summed E-state index contributed by atoms with van der Waals surface area (Å²) in [7, 11) is 1.98. The third kappa shape index (κ3) is 6.53. The van der Waals surface area contributed by atoms with Crippen molar-refractivity contribution in [1.82, 2.24) is 30.0 Å². The standard InChI is InChI=1S/C29H31F3N10O/c1-18-3-4-19(11-24(18)42(28-35-17-36-39-28)26-15-25(33-16-34-26)37-21-5-6-21)27(43)38-22-12-20(29(30,31)32)13-23(14-22)41-9-7-40(2)8-10-41/h3-4,11-17,21H,5-10H2,1-2H3,(H,38,43)(H,33,34,37)(H,35,36,39). The molecule has 0 unspecified atom stereocenters. The number of anilines is 6. The van der Waals surface area contributed by atoms with Crippen LogP contribution in [0.3, 0.4) is 0 Å². The summed E-state index contributed by atoms with van der Waals surface area (Å²) < 4.78 is 41.5. The second-order valence-corrected chi connectivity index (χ2v) is 10.8. The summed E-state index contributed by atoms with van der Waals surface area (Å²) in [5, 5.41) is 12.9. The van der Waals surface area contributed by atoms with Gasteiger partial charge in [0, 0.05) is 55.2 Å². The first-order valence-electron chi connectivity index (χ1n) is 14.0. The molecule has 6 rings (SSSR count). The van der Waals surface area contributed by atoms with Crippen LogP contribution in [0.4, 0.5) is 47.8 Å². The van der Waals surface area contributed by atoms with Gasteiger partial charge in [-0.2, -0.15) is 23.3 Å². The molecule has 0 bridgehead atoms. The molecule has 4 aromatic rings. The first kappa shape index (κ1) is 28.4. The summed E-state index contributed by atoms with van der Waals surface area (Å²) in [5.74, 6) is 0.960. The molecule has 2 aromatic carbocycles. The number of nitrogens with zero attached hydrogens (tertiary/aromatic N) is 7. The molecule has 14 heteroatoms. The van der Waals surface area contributed by atoms with Gasteiger partial charge in [-0.3, -0.25) is 9.69 Å². The van der Waals surface area contributed by atoms with Gasteiger partial charge in [-0.1, -0.05) is 6.07 Å². The van der Waals surface area contributed by atoms with Gasteiger partial charge < -0.3 is 20.4 Å². The number of likely N-dealkylation sites (N-methyl/N-ethyl adjacent to an activating group) is 1. The minimum Gasteiger partial charge on any atom is -0.369 e. The summed E-state index contributed by atoms with van der Waals surface area (Å²) in [5.41, 5.74) is 1.30. The zero-order chi connectivity index (χ0) is 30.1. The predicted molar refractivity (Wildman–Crippen MR) is 157 cm³/mol. The van der Waals surface area contributed by atoms with E-state index in [4.69, 9.17) is 0 Å². The van der Waals surface area contributed by atoms with Crippen molar-refractivity contribution < 1.29 is 18.0 Å². The lowest BCUT2D eigenvalue weighted by Gasteiger charge is -2.34. The monoisotopic (exact) mass is 592 g/mol. The zero-order valence-corrected chi connectivity index (χ0v) is 23.7. The highest BCUT2D eigenvalue weighted by atomic mass is 19.4. The minimum absolute atomic E-state index is 0.0644. The number of H-pyrrole nitrogens is 1. The normalized spacial score (nSPS) is 15.8. The number of hydrogen-bond donors (Lipinski definition) is 3. The van der Waals surface area contributed by atoms with Crippen molar-refractivity contribution in [2.24, 2.45) is 0 Å². The Morgan fingerprint density at radius 1 is 1.00 bits per heavy atom. The topological polar surface area (TPSA) is 118 Å². The van der Waals surface area contributed by atoms with E-state index in [2.05, 4.69) is 40.7 Å². The smallest absolute Gasteiger partial charge is 0.369 e. The Morgan fingerprint density at radius 2 is 1.79 bits per heavy atom. The molecule has 1 aliphatic heterocycles. The lowest BCUT2D eigenvalue weighted by molar-refractivity contribution is -0.137. The summed E-state index contributed by atoms with van der Waals surface area (Å²) in [6, 6.07) is 10.9. The molecule has 3 heterocycles. The Morgan fingerprint density at radius 3 is 2.49 bits per heavy atom. The Hall–Kier alpha value is -4.72. The number of amides is 1. The number of hydrogen-bond acceptors (Lipinski definition) is 9. The van der Waals surface area contributed by atoms with E-state index < -0.39 is 17.6 Å². The van der Waals surface area contributed by atoms with E-state index >= 15 is 0 Å². The maximum Gasteiger partial charge on any atom is 0.416 e. The number of carbonyl (C=O) groups excluding carboxylic acids is 1. The first-order valence-corrected chi connectivity index (χ1v) is 14.0. The summed E-state index contributed by atoms with van der Waals surface area (Å²) in [6.07, 6.45) is 0.390. The zero-order valence-electron chi connectivity index (χ0n) is 23.7. The van der Waals surface area contributed by atoms with Crippen molar-refractivity contribution in [3.05, 3.63) is 71.8 Å². The number of piperazine rings is 1. The summed E-state index contributed by atoms with van der Waals surface area (Å²) in [4.78, 5) is 32.3. The molecule has 1 aliphatic carbocycles. The van der Waals surface area contributed by atoms with Gasteiger partial charge in [0.15, 0.2) is 0 Å². The van der Waals surface area contributed by atoms with E-state index in [0.717, 1.165) is 43.6 Å². The van der Waals surface area contributed by atoms with Crippen molar-refractivity contribution in [3.8, 4) is 0 Å². The Bertz CT molecular complexity index is 1600. The van der Waals surface area contributed by atoms with Crippen LogP contribution in [0.5, 0.6) is 0 Å². The maximum atomic E-state index is 13.8. The fourth-order valence-electron chi connectivity index (χ4n) is 4.93. The predicted octanol–water partition coefficient (Wildman–Crippen LogP) is 4.97. The Labute approximate surface area is 246 Å². The summed E-state index contributed by atoms with van der Waals surface area (Å²) in [6.45, 7) is 4.52. The van der Waals surface area contributed by atoms with Crippen molar-refractivity contribution in [3.63, 3.8) is 0 Å². The largest absolute Gasteiger partial charge is 0.416 e. The van der Waals surface area contributed by atoms with Crippen LogP contribution in [0.25, 0.3) is 0 Å². The van der Waals surface area contributed by atoms with Gasteiger partial charge in [0.25, 0.3) is 5.91 Å². The molecule has 43 heavy (non-hydrogen) atoms. The molecule has 0 atom stereocenters. The Balaban J connectivity index is 1.31. The number of nitrogens with one attached hydrogen (secondary N) is 3. The third-order valence-corrected chi connectivity index (χ3v) is 7.51. The highest BCUT2D eigenvalue weighted by Crippen LogP contribution is 2.37. The number of rotatable bonds is 8. The third-order valence-electron chi connectivity index (χ3n) is 7.51. The molecule has 1 saturated heterocycles. The lowest BCUT2D eigenvalue weighted by Crippen LogP contribution is -2.44. The number of carbonyl (C=O) groups is 1. The second-order valence-electron chi connectivity index (χ2n) is 10.8. The van der Waals surface area contributed by atoms with Crippen molar-refractivity contribution in [2.45, 2.75) is 32.0 Å². The molecule has 11 nitrogen and oxygen atoms in total. The highest BCUT2D eigenvalue weighted by Gasteiger charge is 2.32. The Kier molecular flexibility index (Phi) is 7.61. The van der Waals surface area contributed by atoms with Gasteiger partial charge >= 0.3 is 6.18 Å². The van der Waals surface area contributed by atoms with Gasteiger partial charge in [-0.15, -0.1) is 0 Å². The number of alkyl halides is 3. The van der Waals surface area contributed by atoms with Crippen molar-refractivity contribution in [2.75, 3.05) is 53.7 Å². The van der Waals surface area contributed by atoms with E-state index in [0.29, 0.717) is 48.1 Å². The lowest BCUT2D eigenvalue weighted by atomic mass is 10.1. The van der Waals surface area contributed by atoms with E-state index in [9.17, 15) is 18.0 Å². The number of benzene rings is 2. The van der Waals surface area contributed by atoms with Crippen LogP contribution < -0.4 is 20.4 Å². The average Bonchev–Trinajstić information content (AvgIpc) is 3.63. The van der Waals surface area contributed by atoms with Crippen molar-refractivity contribution in [1.29, 1.82) is 0 Å². The number of aromatic nitrogens is 5. The SMILES string of the molecule is Cc1ccc(C(=O)Nc2cc(N3CCN(C)CC3)cc(C(F)(F)F)c2)cc1N(c1cc(NC2CC2)ncn1)c1ncn[nH]1. The number of halogens is 3. The van der Waals surface area contributed by atoms with Gasteiger partial charge in [-0.05, 0) is 62.7 Å². The van der Waals surface area contributed by atoms with Crippen LogP contribution in [0.15, 0.2) is 55.1 Å². The fraction of sp³-hybridized carbons (Fsp3) is 0.345. The van der Waals surface area contributed by atoms with Crippen LogP contribution >= 0.6 is 0 Å². The van der Waals surface area contributed by atoms with E-state index in [1.165, 1.54) is 12.7 Å². The molecule has 2 aliphatic rings. The van der Waals surface area contributed by atoms with Crippen LogP contribution in [0.2, 0.25) is 0 Å². The van der Waals surface area contributed by atoms with E-state index in [1.807, 2.05) is 18.9 Å². The molecule has 224 valence electrons. The minimum atomic E-state index is -4.57. The van der Waals surface area contributed by atoms with Gasteiger partial charge in [0.2, 0.25) is 5.95 Å². The molecule has 0 spiro atoms. The highest BCUT2D eigenvalue weighted by molar-refractivity contribution is 6.05. The first-order chi connectivity index (χ1) is 20.6. The average molecular weight is 593 g/mol. The fourth-order valence-corrected chi connectivity index (χ4v) is 4.93.